The smallest absolute Gasteiger partial charge is 0.468 e. The summed E-state index contributed by atoms with van der Waals surface area (Å²) in [5.74, 6) is -1.86. The summed E-state index contributed by atoms with van der Waals surface area (Å²) in [6.07, 6.45) is -7.32. The minimum Gasteiger partial charge on any atom is -0.492 e. The van der Waals surface area contributed by atoms with Crippen LogP contribution >= 0.6 is 0 Å². The number of piperidine rings is 1. The van der Waals surface area contributed by atoms with Crippen LogP contribution in [-0.4, -0.2) is 38.3 Å². The van der Waals surface area contributed by atoms with Crippen molar-refractivity contribution in [3.05, 3.63) is 41.9 Å². The highest BCUT2D eigenvalue weighted by Gasteiger charge is 2.45. The molecule has 0 amide bonds. The molecule has 3 aromatic rings. The second kappa shape index (κ2) is 8.70. The van der Waals surface area contributed by atoms with E-state index in [-0.39, 0.29) is 54.1 Å². The number of alkyl halides is 6. The molecule has 3 heterocycles. The number of nitrogens with zero attached hydrogens (tertiary/aromatic N) is 3. The Morgan fingerprint density at radius 1 is 1.17 bits per heavy atom. The van der Waals surface area contributed by atoms with E-state index in [9.17, 15) is 31.4 Å². The van der Waals surface area contributed by atoms with Crippen LogP contribution in [0.3, 0.4) is 0 Å². The van der Waals surface area contributed by atoms with Gasteiger partial charge in [0.15, 0.2) is 5.76 Å². The molecule has 2 N–H and O–H groups in total. The first-order valence-electron chi connectivity index (χ1n) is 10.9. The molecule has 0 radical (unpaired) electrons. The largest absolute Gasteiger partial charge is 0.492 e. The van der Waals surface area contributed by atoms with Crippen LogP contribution in [0.15, 0.2) is 29.1 Å². The van der Waals surface area contributed by atoms with Gasteiger partial charge in [0.2, 0.25) is 0 Å². The fourth-order valence-corrected chi connectivity index (χ4v) is 4.48. The van der Waals surface area contributed by atoms with Crippen LogP contribution in [0.5, 0.6) is 5.75 Å². The summed E-state index contributed by atoms with van der Waals surface area (Å²) in [6.45, 7) is 5.05. The van der Waals surface area contributed by atoms with Crippen molar-refractivity contribution in [3.63, 3.8) is 0 Å². The van der Waals surface area contributed by atoms with E-state index in [1.165, 1.54) is 17.0 Å². The molecular formula is C22H24F6N4O3. The summed E-state index contributed by atoms with van der Waals surface area (Å²) >= 11 is 0. The van der Waals surface area contributed by atoms with Crippen molar-refractivity contribution < 1.29 is 40.6 Å². The molecule has 1 aliphatic heterocycles. The lowest BCUT2D eigenvalue weighted by Gasteiger charge is -2.39. The number of imidazole rings is 1. The second-order valence-corrected chi connectivity index (χ2v) is 9.12. The molecule has 1 fully saturated rings. The monoisotopic (exact) mass is 506 g/mol. The van der Waals surface area contributed by atoms with E-state index in [1.54, 1.807) is 20.8 Å². The Bertz CT molecular complexity index is 1200. The van der Waals surface area contributed by atoms with Gasteiger partial charge in [-0.15, -0.1) is 0 Å². The Morgan fingerprint density at radius 3 is 2.49 bits per heavy atom. The lowest BCUT2D eigenvalue weighted by Crippen LogP contribution is -2.53. The summed E-state index contributed by atoms with van der Waals surface area (Å²) in [5, 5.41) is 14.2. The highest BCUT2D eigenvalue weighted by Crippen LogP contribution is 2.40. The Morgan fingerprint density at radius 2 is 1.89 bits per heavy atom. The highest BCUT2D eigenvalue weighted by atomic mass is 19.4. The molecule has 1 aliphatic rings. The third kappa shape index (κ3) is 5.10. The maximum Gasteiger partial charge on any atom is 0.468 e. The molecule has 192 valence electrons. The first-order chi connectivity index (χ1) is 16.2. The molecule has 0 spiro atoms. The molecule has 3 unspecified atom stereocenters. The van der Waals surface area contributed by atoms with Crippen LogP contribution in [0.2, 0.25) is 0 Å². The van der Waals surface area contributed by atoms with Gasteiger partial charge in [0.25, 0.3) is 0 Å². The zero-order valence-corrected chi connectivity index (χ0v) is 19.0. The van der Waals surface area contributed by atoms with Gasteiger partial charge in [-0.05, 0) is 33.3 Å². The van der Waals surface area contributed by atoms with Gasteiger partial charge in [0, 0.05) is 30.6 Å². The topological polar surface area (TPSA) is 85.3 Å². The number of hydrogen-bond acceptors (Lipinski definition) is 6. The summed E-state index contributed by atoms with van der Waals surface area (Å²) < 4.78 is 91.9. The Hall–Kier alpha value is -2.80. The van der Waals surface area contributed by atoms with Crippen molar-refractivity contribution in [2.24, 2.45) is 0 Å². The van der Waals surface area contributed by atoms with Crippen LogP contribution in [0.4, 0.5) is 26.3 Å². The van der Waals surface area contributed by atoms with Gasteiger partial charge in [-0.25, -0.2) is 9.97 Å². The minimum atomic E-state index is -4.80. The fourth-order valence-electron chi connectivity index (χ4n) is 4.48. The summed E-state index contributed by atoms with van der Waals surface area (Å²) in [5.41, 5.74) is -2.58. The van der Waals surface area contributed by atoms with E-state index in [0.717, 1.165) is 12.3 Å². The number of nitrogens with one attached hydrogen (secondary N) is 1. The summed E-state index contributed by atoms with van der Waals surface area (Å²) in [4.78, 5) is 7.29. The molecule has 0 aliphatic carbocycles. The molecule has 4 rings (SSSR count). The maximum absolute atomic E-state index is 13.8. The van der Waals surface area contributed by atoms with E-state index in [0.29, 0.717) is 0 Å². The molecule has 7 nitrogen and oxygen atoms in total. The van der Waals surface area contributed by atoms with Gasteiger partial charge in [-0.1, -0.05) is 0 Å². The van der Waals surface area contributed by atoms with Crippen molar-refractivity contribution in [2.45, 2.75) is 69.7 Å². The highest BCUT2D eigenvalue weighted by molar-refractivity contribution is 5.81. The fraction of sp³-hybridized carbons (Fsp3) is 0.545. The zero-order valence-electron chi connectivity index (χ0n) is 19.0. The van der Waals surface area contributed by atoms with E-state index in [2.05, 4.69) is 15.3 Å². The van der Waals surface area contributed by atoms with Crippen LogP contribution in [0.25, 0.3) is 11.0 Å². The molecule has 13 heteroatoms. The zero-order chi connectivity index (χ0) is 25.8. The first kappa shape index (κ1) is 25.3. The number of oxazole rings is 1. The second-order valence-electron chi connectivity index (χ2n) is 9.12. The van der Waals surface area contributed by atoms with Crippen molar-refractivity contribution in [1.82, 2.24) is 19.9 Å². The number of halogens is 6. The molecule has 35 heavy (non-hydrogen) atoms. The van der Waals surface area contributed by atoms with Crippen molar-refractivity contribution in [3.8, 4) is 5.75 Å². The average Bonchev–Trinajstić information content (AvgIpc) is 3.38. The van der Waals surface area contributed by atoms with Gasteiger partial charge >= 0.3 is 18.2 Å². The predicted molar refractivity (Wildman–Crippen MR) is 112 cm³/mol. The van der Waals surface area contributed by atoms with Gasteiger partial charge in [-0.2, -0.15) is 26.3 Å². The Kier molecular flexibility index (Phi) is 6.29. The summed E-state index contributed by atoms with van der Waals surface area (Å²) in [6, 6.07) is 1.10. The van der Waals surface area contributed by atoms with Gasteiger partial charge < -0.3 is 24.1 Å². The third-order valence-corrected chi connectivity index (χ3v) is 5.91. The minimum absolute atomic E-state index is 0.0484. The lowest BCUT2D eigenvalue weighted by atomic mass is 9.82. The van der Waals surface area contributed by atoms with E-state index in [1.807, 2.05) is 0 Å². The number of aliphatic hydroxyl groups is 1. The van der Waals surface area contributed by atoms with Crippen LogP contribution in [-0.2, 0) is 18.0 Å². The van der Waals surface area contributed by atoms with E-state index >= 15 is 0 Å². The Labute approximate surface area is 196 Å². The third-order valence-electron chi connectivity index (χ3n) is 5.91. The van der Waals surface area contributed by atoms with Gasteiger partial charge in [-0.3, -0.25) is 0 Å². The normalized spacial score (nSPS) is 23.9. The maximum atomic E-state index is 13.8. The summed E-state index contributed by atoms with van der Waals surface area (Å²) in [7, 11) is 0. The van der Waals surface area contributed by atoms with Crippen LogP contribution < -0.4 is 10.1 Å². The molecule has 2 aromatic heterocycles. The standard InChI is InChI=1S/C22H24F6N4O3/c1-11(2)32-10-30-16-5-14(4-15(18(16)32)21(23,24)25)34-9-13-7-20(33,6-12(3)31-13)17-8-29-19(35-17)22(26,27)28/h4-5,8,10-13,31,33H,6-7,9H2,1-3H3. The first-order valence-corrected chi connectivity index (χ1v) is 10.9. The number of benzene rings is 1. The lowest BCUT2D eigenvalue weighted by molar-refractivity contribution is -0.159. The van der Waals surface area contributed by atoms with Gasteiger partial charge in [0.05, 0.1) is 29.1 Å². The number of rotatable bonds is 5. The predicted octanol–water partition coefficient (Wildman–Crippen LogP) is 5.05. The van der Waals surface area contributed by atoms with E-state index < -0.39 is 35.4 Å². The molecule has 0 bridgehead atoms. The average molecular weight is 506 g/mol. The van der Waals surface area contributed by atoms with Crippen molar-refractivity contribution in [2.75, 3.05) is 6.61 Å². The van der Waals surface area contributed by atoms with Crippen molar-refractivity contribution in [1.29, 1.82) is 0 Å². The number of fused-ring (bicyclic) bond motifs is 1. The van der Waals surface area contributed by atoms with Gasteiger partial charge in [0.1, 0.15) is 18.0 Å². The van der Waals surface area contributed by atoms with Crippen LogP contribution in [0, 0.1) is 0 Å². The number of aromatic nitrogens is 3. The molecule has 1 saturated heterocycles. The Balaban J connectivity index is 1.56. The SMILES string of the molecule is CC1CC(O)(c2cnc(C(F)(F)F)o2)CC(COc2cc(C(F)(F)F)c3c(c2)ncn3C(C)C)N1. The molecular weight excluding hydrogens is 482 g/mol. The molecule has 0 saturated carbocycles. The van der Waals surface area contributed by atoms with E-state index in [4.69, 9.17) is 9.15 Å². The number of ether oxygens (including phenoxy) is 1. The molecule has 1 aromatic carbocycles. The quantitative estimate of drug-likeness (QED) is 0.471. The van der Waals surface area contributed by atoms with Crippen molar-refractivity contribution >= 4 is 11.0 Å². The molecule has 3 atom stereocenters. The number of hydrogen-bond donors (Lipinski definition) is 2. The van der Waals surface area contributed by atoms with Crippen LogP contribution in [0.1, 0.15) is 56.9 Å².